The van der Waals surface area contributed by atoms with Crippen LogP contribution in [-0.4, -0.2) is 6.54 Å². The molecule has 2 N–H and O–H groups in total. The van der Waals surface area contributed by atoms with Gasteiger partial charge in [-0.3, -0.25) is 0 Å². The van der Waals surface area contributed by atoms with E-state index < -0.39 is 0 Å². The Morgan fingerprint density at radius 3 is 2.26 bits per heavy atom. The van der Waals surface area contributed by atoms with Crippen LogP contribution < -0.4 is 10.6 Å². The van der Waals surface area contributed by atoms with Gasteiger partial charge in [-0.2, -0.15) is 0 Å². The van der Waals surface area contributed by atoms with Gasteiger partial charge in [-0.05, 0) is 114 Å². The lowest BCUT2D eigenvalue weighted by Crippen LogP contribution is -2.23. The van der Waals surface area contributed by atoms with E-state index in [0.717, 1.165) is 29.1 Å². The first kappa shape index (κ1) is 32.5. The molecular weight excluding hydrogens is 641 g/mol. The van der Waals surface area contributed by atoms with E-state index in [1.807, 2.05) is 18.2 Å². The van der Waals surface area contributed by atoms with Gasteiger partial charge >= 0.3 is 0 Å². The van der Waals surface area contributed by atoms with Gasteiger partial charge in [0.05, 0.1) is 0 Å². The Hall–Kier alpha value is -6.38. The number of allylic oxidation sites excluding steroid dienone is 4. The normalized spacial score (nSPS) is 16.6. The van der Waals surface area contributed by atoms with E-state index in [1.165, 1.54) is 71.6 Å². The molecule has 0 saturated heterocycles. The smallest absolute Gasteiger partial charge is 0.0455 e. The van der Waals surface area contributed by atoms with Gasteiger partial charge in [-0.1, -0.05) is 160 Å². The van der Waals surface area contributed by atoms with Crippen LogP contribution in [0.1, 0.15) is 41.7 Å². The third-order valence-electron chi connectivity index (χ3n) is 11.3. The lowest BCUT2D eigenvalue weighted by Gasteiger charge is -2.27. The molecule has 0 saturated carbocycles. The van der Waals surface area contributed by atoms with Crippen LogP contribution in [0.4, 0.5) is 5.69 Å². The zero-order chi connectivity index (χ0) is 36.1. The quantitative estimate of drug-likeness (QED) is 0.196. The van der Waals surface area contributed by atoms with Crippen molar-refractivity contribution in [1.29, 1.82) is 0 Å². The summed E-state index contributed by atoms with van der Waals surface area (Å²) in [5.41, 5.74) is 22.0. The van der Waals surface area contributed by atoms with Gasteiger partial charge in [0.15, 0.2) is 0 Å². The van der Waals surface area contributed by atoms with Crippen molar-refractivity contribution in [1.82, 2.24) is 0 Å². The monoisotopic (exact) mass is 682 g/mol. The minimum atomic E-state index is -0.136. The van der Waals surface area contributed by atoms with Crippen LogP contribution in [0.2, 0.25) is 0 Å². The van der Waals surface area contributed by atoms with Gasteiger partial charge in [-0.15, -0.1) is 0 Å². The molecule has 0 bridgehead atoms. The van der Waals surface area contributed by atoms with Crippen molar-refractivity contribution in [3.8, 4) is 22.3 Å². The Labute approximate surface area is 312 Å². The molecular formula is C51H42N2. The number of hydrogen-bond acceptors (Lipinski definition) is 2. The molecule has 9 rings (SSSR count). The second-order valence-corrected chi connectivity index (χ2v) is 14.8. The minimum absolute atomic E-state index is 0.136. The predicted molar refractivity (Wildman–Crippen MR) is 227 cm³/mol. The Bertz CT molecular complexity index is 2670. The van der Waals surface area contributed by atoms with Crippen molar-refractivity contribution >= 4 is 38.5 Å². The molecule has 0 fully saturated rings. The number of anilines is 1. The molecule has 0 unspecified atom stereocenters. The maximum absolute atomic E-state index is 6.61. The lowest BCUT2D eigenvalue weighted by atomic mass is 9.77. The van der Waals surface area contributed by atoms with Gasteiger partial charge in [0.2, 0.25) is 0 Å². The summed E-state index contributed by atoms with van der Waals surface area (Å²) in [6, 6.07) is 52.6. The lowest BCUT2D eigenvalue weighted by molar-refractivity contribution is 0.662. The highest BCUT2D eigenvalue weighted by Gasteiger charge is 2.38. The molecule has 0 aromatic heterocycles. The van der Waals surface area contributed by atoms with Crippen LogP contribution in [0.3, 0.4) is 0 Å². The molecule has 256 valence electrons. The molecule has 53 heavy (non-hydrogen) atoms. The first-order chi connectivity index (χ1) is 25.9. The summed E-state index contributed by atoms with van der Waals surface area (Å²) in [6.45, 7) is 9.97. The van der Waals surface area contributed by atoms with Crippen molar-refractivity contribution in [3.63, 3.8) is 0 Å². The van der Waals surface area contributed by atoms with Gasteiger partial charge in [0, 0.05) is 29.0 Å². The van der Waals surface area contributed by atoms with Crippen LogP contribution in [0, 0.1) is 0 Å². The molecule has 0 amide bonds. The summed E-state index contributed by atoms with van der Waals surface area (Å²) in [5.74, 6) is 0. The second kappa shape index (κ2) is 13.0. The third kappa shape index (κ3) is 5.59. The van der Waals surface area contributed by atoms with E-state index in [9.17, 15) is 0 Å². The maximum Gasteiger partial charge on any atom is 0.0455 e. The van der Waals surface area contributed by atoms with Crippen molar-refractivity contribution in [2.75, 3.05) is 11.4 Å². The van der Waals surface area contributed by atoms with Crippen molar-refractivity contribution < 1.29 is 0 Å². The first-order valence-electron chi connectivity index (χ1n) is 18.5. The van der Waals surface area contributed by atoms with Crippen LogP contribution in [0.15, 0.2) is 182 Å². The van der Waals surface area contributed by atoms with Crippen LogP contribution in [0.5, 0.6) is 0 Å². The fourth-order valence-corrected chi connectivity index (χ4v) is 8.62. The number of nitrogens with zero attached hydrogens (tertiary/aromatic N) is 1. The molecule has 1 aliphatic carbocycles. The summed E-state index contributed by atoms with van der Waals surface area (Å²) >= 11 is 0. The summed E-state index contributed by atoms with van der Waals surface area (Å²) in [6.07, 6.45) is 9.65. The first-order valence-corrected chi connectivity index (χ1v) is 18.5. The van der Waals surface area contributed by atoms with Crippen molar-refractivity contribution in [2.45, 2.75) is 25.7 Å². The number of hydrogen-bond donors (Lipinski definition) is 1. The van der Waals surface area contributed by atoms with E-state index >= 15 is 0 Å². The van der Waals surface area contributed by atoms with Crippen LogP contribution >= 0.6 is 0 Å². The van der Waals surface area contributed by atoms with E-state index in [4.69, 9.17) is 5.73 Å². The Morgan fingerprint density at radius 1 is 0.698 bits per heavy atom. The Balaban J connectivity index is 1.16. The average Bonchev–Trinajstić information content (AvgIpc) is 3.48. The fraction of sp³-hybridized carbons (Fsp3) is 0.0980. The van der Waals surface area contributed by atoms with Gasteiger partial charge < -0.3 is 10.6 Å². The largest absolute Gasteiger partial charge is 0.398 e. The molecule has 7 aromatic rings. The van der Waals surface area contributed by atoms with E-state index in [1.54, 1.807) is 0 Å². The van der Waals surface area contributed by atoms with Crippen LogP contribution in [-0.2, 0) is 11.8 Å². The summed E-state index contributed by atoms with van der Waals surface area (Å²) in [4.78, 5) is 2.29. The maximum atomic E-state index is 6.61. The molecule has 7 aromatic carbocycles. The second-order valence-electron chi connectivity index (χ2n) is 14.8. The molecule has 0 atom stereocenters. The van der Waals surface area contributed by atoms with Gasteiger partial charge in [-0.25, -0.2) is 0 Å². The molecule has 0 spiro atoms. The number of benzene rings is 7. The van der Waals surface area contributed by atoms with E-state index in [0.29, 0.717) is 6.54 Å². The minimum Gasteiger partial charge on any atom is -0.398 e. The summed E-state index contributed by atoms with van der Waals surface area (Å²) in [5, 5.41) is 5.07. The zero-order valence-corrected chi connectivity index (χ0v) is 30.3. The number of fused-ring (bicyclic) bond motifs is 8. The third-order valence-corrected chi connectivity index (χ3v) is 11.3. The summed E-state index contributed by atoms with van der Waals surface area (Å²) in [7, 11) is 0. The highest BCUT2D eigenvalue weighted by atomic mass is 15.1. The number of nitrogens with two attached hydrogens (primary N) is 1. The fourth-order valence-electron chi connectivity index (χ4n) is 8.62. The van der Waals surface area contributed by atoms with Gasteiger partial charge in [0.25, 0.3) is 0 Å². The zero-order valence-electron chi connectivity index (χ0n) is 30.3. The molecule has 2 heteroatoms. The Kier molecular flexibility index (Phi) is 7.97. The molecule has 1 aliphatic heterocycles. The van der Waals surface area contributed by atoms with E-state index in [-0.39, 0.29) is 5.41 Å². The van der Waals surface area contributed by atoms with Crippen molar-refractivity contribution in [2.24, 2.45) is 5.73 Å². The standard InChI is InChI=1S/C51H42N2/c1-34-24-25-35(26-28-43-41-20-9-7-14-36(41)27-29-48(43)53(34)31-30-47(52)37-15-5-4-6-16-37)38-18-13-19-39(32-38)45-33-40-17-8-10-21-42(40)49-44-22-11-12-23-46(44)51(2,3)50(45)49/h4-27,29-30,32-33H,1,28,31,52H2,2-3H3/b25-24-,35-26+,47-30-. The molecule has 2 aliphatic rings. The number of rotatable bonds is 5. The highest BCUT2D eigenvalue weighted by molar-refractivity contribution is 6.06. The van der Waals surface area contributed by atoms with E-state index in [2.05, 4.69) is 177 Å². The molecule has 0 radical (unpaired) electrons. The topological polar surface area (TPSA) is 29.3 Å². The SMILES string of the molecule is C=C1/C=C\C(c2cccc(-c3cc4ccccc4c4c3C(C)(C)c3ccccc3-4)c2)=C/Cc2c(ccc3ccccc23)N1C/C=C(\N)c1ccccc1. The molecule has 2 nitrogen and oxygen atoms in total. The molecule has 1 heterocycles. The van der Waals surface area contributed by atoms with Crippen molar-refractivity contribution in [3.05, 3.63) is 210 Å². The predicted octanol–water partition coefficient (Wildman–Crippen LogP) is 12.5. The highest BCUT2D eigenvalue weighted by Crippen LogP contribution is 2.54. The summed E-state index contributed by atoms with van der Waals surface area (Å²) < 4.78 is 0. The average molecular weight is 683 g/mol. The van der Waals surface area contributed by atoms with Gasteiger partial charge in [0.1, 0.15) is 0 Å². The van der Waals surface area contributed by atoms with Crippen LogP contribution in [0.25, 0.3) is 55.1 Å². The Morgan fingerprint density at radius 2 is 1.42 bits per heavy atom.